The quantitative estimate of drug-likeness (QED) is 0.748. The third-order valence-corrected chi connectivity index (χ3v) is 4.19. The van der Waals surface area contributed by atoms with Crippen molar-refractivity contribution in [1.29, 1.82) is 5.26 Å². The minimum Gasteiger partial charge on any atom is -0.485 e. The number of halogens is 2. The zero-order valence-electron chi connectivity index (χ0n) is 9.37. The number of nitrogens with zero attached hydrogens (tertiary/aromatic N) is 1. The van der Waals surface area contributed by atoms with Gasteiger partial charge < -0.3 is 9.84 Å². The van der Waals surface area contributed by atoms with Gasteiger partial charge in [-0.1, -0.05) is 27.5 Å². The fraction of sp³-hybridized carbons (Fsp3) is 0.417. The highest BCUT2D eigenvalue weighted by Gasteiger charge is 2.42. The van der Waals surface area contributed by atoms with E-state index in [0.29, 0.717) is 16.3 Å². The van der Waals surface area contributed by atoms with Crippen LogP contribution in [-0.2, 0) is 0 Å². The second-order valence-corrected chi connectivity index (χ2v) is 5.93. The topological polar surface area (TPSA) is 53.2 Å². The zero-order valence-corrected chi connectivity index (χ0v) is 11.7. The third-order valence-electron chi connectivity index (χ3n) is 2.88. The summed E-state index contributed by atoms with van der Waals surface area (Å²) < 4.78 is 5.71. The van der Waals surface area contributed by atoms with Crippen LogP contribution in [0, 0.1) is 11.3 Å². The van der Waals surface area contributed by atoms with Gasteiger partial charge in [-0.05, 0) is 19.9 Å². The first kappa shape index (κ1) is 12.7. The van der Waals surface area contributed by atoms with Gasteiger partial charge in [-0.3, -0.25) is 0 Å². The van der Waals surface area contributed by atoms with Crippen LogP contribution in [0.2, 0.25) is 5.02 Å². The zero-order chi connectivity index (χ0) is 12.8. The van der Waals surface area contributed by atoms with E-state index in [0.717, 1.165) is 5.56 Å². The Labute approximate surface area is 113 Å². The molecule has 0 fully saturated rings. The molecule has 0 saturated heterocycles. The smallest absolute Gasteiger partial charge is 0.131 e. The lowest BCUT2D eigenvalue weighted by molar-refractivity contribution is -0.0418. The van der Waals surface area contributed by atoms with Crippen LogP contribution in [-0.4, -0.2) is 16.8 Å². The van der Waals surface area contributed by atoms with Crippen molar-refractivity contribution in [3.8, 4) is 11.8 Å². The van der Waals surface area contributed by atoms with Crippen molar-refractivity contribution < 1.29 is 9.84 Å². The first-order valence-electron chi connectivity index (χ1n) is 5.11. The van der Waals surface area contributed by atoms with E-state index in [9.17, 15) is 5.11 Å². The van der Waals surface area contributed by atoms with Crippen molar-refractivity contribution in [1.82, 2.24) is 0 Å². The Balaban J connectivity index is 2.58. The lowest BCUT2D eigenvalue weighted by Crippen LogP contribution is -2.47. The molecule has 1 N–H and O–H groups in total. The van der Waals surface area contributed by atoms with E-state index in [1.807, 2.05) is 6.07 Å². The summed E-state index contributed by atoms with van der Waals surface area (Å²) in [5.74, 6) is 0.603. The summed E-state index contributed by atoms with van der Waals surface area (Å²) in [7, 11) is 0. The monoisotopic (exact) mass is 315 g/mol. The molecule has 0 saturated carbocycles. The lowest BCUT2D eigenvalue weighted by Gasteiger charge is -2.40. The van der Waals surface area contributed by atoms with Gasteiger partial charge in [-0.2, -0.15) is 5.26 Å². The minimum absolute atomic E-state index is 0.273. The third kappa shape index (κ3) is 2.03. The van der Waals surface area contributed by atoms with Gasteiger partial charge in [-0.15, -0.1) is 0 Å². The van der Waals surface area contributed by atoms with E-state index in [-0.39, 0.29) is 4.83 Å². The molecule has 1 aromatic carbocycles. The average molecular weight is 317 g/mol. The largest absolute Gasteiger partial charge is 0.485 e. The van der Waals surface area contributed by atoms with Gasteiger partial charge >= 0.3 is 0 Å². The molecule has 5 heteroatoms. The second kappa shape index (κ2) is 4.16. The molecule has 17 heavy (non-hydrogen) atoms. The normalized spacial score (nSPS) is 25.6. The van der Waals surface area contributed by atoms with E-state index < -0.39 is 11.7 Å². The molecule has 1 aromatic rings. The fourth-order valence-corrected chi connectivity index (χ4v) is 3.02. The summed E-state index contributed by atoms with van der Waals surface area (Å²) in [6, 6.07) is 5.28. The van der Waals surface area contributed by atoms with Crippen LogP contribution in [0.4, 0.5) is 0 Å². The van der Waals surface area contributed by atoms with Gasteiger partial charge in [0.1, 0.15) is 23.5 Å². The van der Waals surface area contributed by atoms with E-state index in [4.69, 9.17) is 21.6 Å². The van der Waals surface area contributed by atoms with Gasteiger partial charge in [0.25, 0.3) is 0 Å². The Bertz CT molecular complexity index is 510. The van der Waals surface area contributed by atoms with Crippen LogP contribution < -0.4 is 4.74 Å². The number of hydrogen-bond acceptors (Lipinski definition) is 3. The first-order chi connectivity index (χ1) is 7.86. The predicted molar refractivity (Wildman–Crippen MR) is 68.5 cm³/mol. The Morgan fingerprint density at radius 1 is 1.53 bits per heavy atom. The maximum atomic E-state index is 10.1. The predicted octanol–water partition coefficient (Wildman–Crippen LogP) is 3.18. The number of ether oxygens (including phenoxy) is 1. The molecule has 2 atom stereocenters. The molecular weight excluding hydrogens is 305 g/mol. The molecular formula is C12H11BrClNO2. The van der Waals surface area contributed by atoms with Crippen LogP contribution in [0.25, 0.3) is 0 Å². The Morgan fingerprint density at radius 2 is 2.18 bits per heavy atom. The second-order valence-electron chi connectivity index (χ2n) is 4.53. The number of fused-ring (bicyclic) bond motifs is 1. The van der Waals surface area contributed by atoms with Crippen LogP contribution in [0.5, 0.6) is 5.75 Å². The Kier molecular flexibility index (Phi) is 3.11. The number of aliphatic hydroxyl groups is 1. The van der Waals surface area contributed by atoms with Crippen LogP contribution in [0.3, 0.4) is 0 Å². The molecule has 0 aliphatic carbocycles. The molecule has 3 nitrogen and oxygen atoms in total. The Morgan fingerprint density at radius 3 is 2.76 bits per heavy atom. The number of benzene rings is 1. The van der Waals surface area contributed by atoms with Crippen molar-refractivity contribution in [2.24, 2.45) is 0 Å². The van der Waals surface area contributed by atoms with Crippen LogP contribution in [0.15, 0.2) is 12.1 Å². The maximum Gasteiger partial charge on any atom is 0.131 e. The molecule has 1 aliphatic heterocycles. The molecule has 1 heterocycles. The van der Waals surface area contributed by atoms with Crippen molar-refractivity contribution in [2.75, 3.05) is 0 Å². The van der Waals surface area contributed by atoms with Crippen molar-refractivity contribution >= 4 is 27.5 Å². The summed E-state index contributed by atoms with van der Waals surface area (Å²) in [6.07, 6.45) is -0.692. The first-order valence-corrected chi connectivity index (χ1v) is 6.41. The molecule has 0 radical (unpaired) electrons. The molecule has 1 aliphatic rings. The van der Waals surface area contributed by atoms with Crippen LogP contribution in [0.1, 0.15) is 29.8 Å². The molecule has 0 amide bonds. The van der Waals surface area contributed by atoms with Crippen molar-refractivity contribution in [3.63, 3.8) is 0 Å². The standard InChI is InChI=1S/C12H11BrClNO2/c1-12(2)11(16)10(13)7-3-6(5-15)8(14)4-9(7)17-12/h3-4,10-11,16H,1-2H3. The van der Waals surface area contributed by atoms with Gasteiger partial charge in [0.05, 0.1) is 15.4 Å². The van der Waals surface area contributed by atoms with Gasteiger partial charge in [0.2, 0.25) is 0 Å². The van der Waals surface area contributed by atoms with E-state index in [2.05, 4.69) is 15.9 Å². The minimum atomic E-state index is -0.696. The van der Waals surface area contributed by atoms with E-state index in [1.54, 1.807) is 26.0 Å². The highest BCUT2D eigenvalue weighted by atomic mass is 79.9. The maximum absolute atomic E-state index is 10.1. The summed E-state index contributed by atoms with van der Waals surface area (Å²) in [5.41, 5.74) is 0.432. The van der Waals surface area contributed by atoms with Crippen LogP contribution >= 0.6 is 27.5 Å². The molecule has 0 bridgehead atoms. The SMILES string of the molecule is CC1(C)Oc2cc(Cl)c(C#N)cc2C(Br)C1O. The average Bonchev–Trinajstić information content (AvgIpc) is 2.25. The summed E-state index contributed by atoms with van der Waals surface area (Å²) in [5, 5.41) is 19.4. The summed E-state index contributed by atoms with van der Waals surface area (Å²) in [4.78, 5) is -0.273. The van der Waals surface area contributed by atoms with Gasteiger partial charge in [-0.25, -0.2) is 0 Å². The summed E-state index contributed by atoms with van der Waals surface area (Å²) >= 11 is 9.39. The van der Waals surface area contributed by atoms with E-state index in [1.165, 1.54) is 0 Å². The van der Waals surface area contributed by atoms with Crippen molar-refractivity contribution in [3.05, 3.63) is 28.3 Å². The van der Waals surface area contributed by atoms with Crippen molar-refractivity contribution in [2.45, 2.75) is 30.4 Å². The molecule has 2 rings (SSSR count). The molecule has 2 unspecified atom stereocenters. The Hall–Kier alpha value is -0.760. The highest BCUT2D eigenvalue weighted by Crippen LogP contribution is 2.45. The molecule has 0 aromatic heterocycles. The fourth-order valence-electron chi connectivity index (χ4n) is 1.83. The van der Waals surface area contributed by atoms with Gasteiger partial charge in [0, 0.05) is 11.6 Å². The summed E-state index contributed by atoms with van der Waals surface area (Å²) in [6.45, 7) is 3.61. The number of aliphatic hydroxyl groups excluding tert-OH is 1. The lowest BCUT2D eigenvalue weighted by atomic mass is 9.90. The van der Waals surface area contributed by atoms with E-state index >= 15 is 0 Å². The molecule has 90 valence electrons. The van der Waals surface area contributed by atoms with Gasteiger partial charge in [0.15, 0.2) is 0 Å². The number of alkyl halides is 1. The number of nitriles is 1. The number of rotatable bonds is 0. The highest BCUT2D eigenvalue weighted by molar-refractivity contribution is 9.09. The molecule has 0 spiro atoms. The number of hydrogen-bond donors (Lipinski definition) is 1.